The van der Waals surface area contributed by atoms with Crippen molar-refractivity contribution in [3.05, 3.63) is 42.5 Å². The summed E-state index contributed by atoms with van der Waals surface area (Å²) in [6.07, 6.45) is 0. The van der Waals surface area contributed by atoms with Crippen LogP contribution >= 0.6 is 0 Å². The number of anilines is 1. The number of nitrogens with zero attached hydrogens (tertiary/aromatic N) is 2. The van der Waals surface area contributed by atoms with Gasteiger partial charge in [-0.3, -0.25) is 9.11 Å². The van der Waals surface area contributed by atoms with Crippen LogP contribution in [0.4, 0.5) is 17.1 Å². The van der Waals surface area contributed by atoms with E-state index in [0.717, 1.165) is 18.2 Å². The number of nitrogens with two attached hydrogens (primary N) is 1. The number of rotatable bonds is 4. The molecular weight excluding hydrogens is 369 g/mol. The van der Waals surface area contributed by atoms with Crippen LogP contribution < -0.4 is 35.3 Å². The fourth-order valence-corrected chi connectivity index (χ4v) is 2.72. The summed E-state index contributed by atoms with van der Waals surface area (Å²) in [7, 11) is -8.78. The molecule has 0 aliphatic heterocycles. The largest absolute Gasteiger partial charge is 1.00 e. The van der Waals surface area contributed by atoms with Crippen molar-refractivity contribution in [1.82, 2.24) is 0 Å². The average molecular weight is 380 g/mol. The minimum Gasteiger partial charge on any atom is -0.398 e. The third-order valence-electron chi connectivity index (χ3n) is 2.69. The molecule has 9 nitrogen and oxygen atoms in total. The Balaban J connectivity index is 0.00000288. The van der Waals surface area contributed by atoms with Gasteiger partial charge >= 0.3 is 29.6 Å². The van der Waals surface area contributed by atoms with Gasteiger partial charge in [0.05, 0.1) is 22.0 Å². The van der Waals surface area contributed by atoms with Crippen molar-refractivity contribution < 1.29 is 55.5 Å². The molecule has 0 saturated heterocycles. The van der Waals surface area contributed by atoms with Crippen LogP contribution in [0.2, 0.25) is 0 Å². The molecule has 4 N–H and O–H groups in total. The molecule has 0 aliphatic carbocycles. The van der Waals surface area contributed by atoms with Crippen molar-refractivity contribution in [2.45, 2.75) is 9.79 Å². The summed E-state index contributed by atoms with van der Waals surface area (Å²) < 4.78 is 61.9. The number of nitrogen functional groups attached to an aromatic ring is 1. The third-order valence-corrected chi connectivity index (χ3v) is 4.47. The van der Waals surface area contributed by atoms with Crippen LogP contribution in [0.5, 0.6) is 0 Å². The summed E-state index contributed by atoms with van der Waals surface area (Å²) in [6, 6.07) is 8.55. The van der Waals surface area contributed by atoms with Crippen molar-refractivity contribution in [3.63, 3.8) is 0 Å². The second-order valence-corrected chi connectivity index (χ2v) is 7.18. The molecule has 0 atom stereocenters. The molecule has 0 saturated carbocycles. The molecule has 12 heteroatoms. The van der Waals surface area contributed by atoms with Gasteiger partial charge in [0, 0.05) is 0 Å². The van der Waals surface area contributed by atoms with Gasteiger partial charge in [-0.05, 0) is 42.5 Å². The third kappa shape index (κ3) is 5.34. The van der Waals surface area contributed by atoms with Gasteiger partial charge < -0.3 is 5.73 Å². The van der Waals surface area contributed by atoms with Crippen molar-refractivity contribution >= 4 is 37.3 Å². The standard InChI is InChI=1S/C12H11N3O6S2.Na/c13-11-6-3-9(7-12(11)23(19,20)21)15-14-8-1-4-10(5-2-8)22(16,17)18;/h1-7H,13H2,(H,16,17,18)(H,19,20,21);/q;+1. The Labute approximate surface area is 160 Å². The van der Waals surface area contributed by atoms with Crippen LogP contribution in [0.15, 0.2) is 62.5 Å². The van der Waals surface area contributed by atoms with Crippen molar-refractivity contribution in [2.24, 2.45) is 10.2 Å². The molecular formula is C12H11N3NaO6S2+. The second-order valence-electron chi connectivity index (χ2n) is 4.37. The number of hydrogen-bond acceptors (Lipinski definition) is 7. The van der Waals surface area contributed by atoms with E-state index < -0.39 is 25.1 Å². The van der Waals surface area contributed by atoms with Crippen LogP contribution in [0.25, 0.3) is 0 Å². The maximum atomic E-state index is 11.1. The van der Waals surface area contributed by atoms with Crippen LogP contribution in [0, 0.1) is 0 Å². The monoisotopic (exact) mass is 380 g/mol. The smallest absolute Gasteiger partial charge is 0.398 e. The summed E-state index contributed by atoms with van der Waals surface area (Å²) in [4.78, 5) is -0.784. The molecule has 2 aromatic rings. The first-order valence-corrected chi connectivity index (χ1v) is 8.82. The molecule has 0 amide bonds. The molecule has 24 heavy (non-hydrogen) atoms. The molecule has 0 aromatic heterocycles. The molecule has 2 aromatic carbocycles. The average Bonchev–Trinajstić information content (AvgIpc) is 2.44. The fourth-order valence-electron chi connectivity index (χ4n) is 1.61. The van der Waals surface area contributed by atoms with Crippen molar-refractivity contribution in [1.29, 1.82) is 0 Å². The van der Waals surface area contributed by atoms with Gasteiger partial charge in [0.1, 0.15) is 4.90 Å². The number of hydrogen-bond donors (Lipinski definition) is 3. The first-order valence-electron chi connectivity index (χ1n) is 5.94. The van der Waals surface area contributed by atoms with E-state index in [1.165, 1.54) is 24.3 Å². The summed E-state index contributed by atoms with van der Waals surface area (Å²) >= 11 is 0. The molecule has 0 unspecified atom stereocenters. The Hall–Kier alpha value is -1.34. The molecule has 0 heterocycles. The van der Waals surface area contributed by atoms with E-state index in [2.05, 4.69) is 10.2 Å². The van der Waals surface area contributed by atoms with E-state index in [4.69, 9.17) is 14.8 Å². The van der Waals surface area contributed by atoms with E-state index in [0.29, 0.717) is 0 Å². The molecule has 0 bridgehead atoms. The Morgan fingerprint density at radius 2 is 1.29 bits per heavy atom. The molecule has 0 aliphatic rings. The minimum atomic E-state index is -4.48. The molecule has 0 spiro atoms. The minimum absolute atomic E-state index is 0. The molecule has 0 fully saturated rings. The second kappa shape index (κ2) is 7.70. The Kier molecular flexibility index (Phi) is 6.64. The summed E-state index contributed by atoms with van der Waals surface area (Å²) in [5.41, 5.74) is 5.70. The van der Waals surface area contributed by atoms with Crippen LogP contribution in [-0.4, -0.2) is 25.9 Å². The van der Waals surface area contributed by atoms with Crippen molar-refractivity contribution in [3.8, 4) is 0 Å². The predicted octanol–water partition coefficient (Wildman–Crippen LogP) is -0.818. The zero-order valence-electron chi connectivity index (χ0n) is 12.4. The van der Waals surface area contributed by atoms with Crippen LogP contribution in [0.1, 0.15) is 0 Å². The Morgan fingerprint density at radius 3 is 1.79 bits per heavy atom. The van der Waals surface area contributed by atoms with Gasteiger partial charge in [0.2, 0.25) is 0 Å². The van der Waals surface area contributed by atoms with Gasteiger partial charge in [0.25, 0.3) is 20.2 Å². The van der Waals surface area contributed by atoms with E-state index in [1.54, 1.807) is 0 Å². The first-order chi connectivity index (χ1) is 10.6. The van der Waals surface area contributed by atoms with E-state index in [9.17, 15) is 16.8 Å². The molecule has 122 valence electrons. The van der Waals surface area contributed by atoms with Gasteiger partial charge in [-0.2, -0.15) is 27.1 Å². The van der Waals surface area contributed by atoms with E-state index in [1.807, 2.05) is 0 Å². The van der Waals surface area contributed by atoms with Crippen LogP contribution in [0.3, 0.4) is 0 Å². The zero-order chi connectivity index (χ0) is 17.3. The summed E-state index contributed by atoms with van der Waals surface area (Å²) in [6.45, 7) is 0. The summed E-state index contributed by atoms with van der Waals surface area (Å²) in [5, 5.41) is 7.55. The predicted molar refractivity (Wildman–Crippen MR) is 81.1 cm³/mol. The van der Waals surface area contributed by atoms with E-state index in [-0.39, 0.29) is 51.5 Å². The Bertz CT molecular complexity index is 972. The van der Waals surface area contributed by atoms with E-state index >= 15 is 0 Å². The normalized spacial score (nSPS) is 12.1. The quantitative estimate of drug-likeness (QED) is 0.270. The van der Waals surface area contributed by atoms with Crippen LogP contribution in [-0.2, 0) is 20.2 Å². The molecule has 2 rings (SSSR count). The van der Waals surface area contributed by atoms with Crippen molar-refractivity contribution in [2.75, 3.05) is 5.73 Å². The van der Waals surface area contributed by atoms with Gasteiger partial charge in [-0.1, -0.05) is 0 Å². The van der Waals surface area contributed by atoms with Gasteiger partial charge in [-0.15, -0.1) is 0 Å². The maximum absolute atomic E-state index is 11.1. The molecule has 0 radical (unpaired) electrons. The van der Waals surface area contributed by atoms with Gasteiger partial charge in [0.15, 0.2) is 0 Å². The number of benzene rings is 2. The SMILES string of the molecule is Nc1ccc(N=Nc2ccc(S(=O)(=O)O)cc2)cc1S(=O)(=O)O.[Na+]. The zero-order valence-corrected chi connectivity index (χ0v) is 16.0. The summed E-state index contributed by atoms with van der Waals surface area (Å²) in [5.74, 6) is 0. The maximum Gasteiger partial charge on any atom is 1.00 e. The van der Waals surface area contributed by atoms with Gasteiger partial charge in [-0.25, -0.2) is 0 Å². The number of azo groups is 1. The Morgan fingerprint density at radius 1 is 0.792 bits per heavy atom. The first kappa shape index (κ1) is 20.7. The fraction of sp³-hybridized carbons (Fsp3) is 0. The topological polar surface area (TPSA) is 159 Å².